The van der Waals surface area contributed by atoms with Crippen molar-refractivity contribution in [3.8, 4) is 0 Å². The lowest BCUT2D eigenvalue weighted by Gasteiger charge is -2.30. The molecule has 0 radical (unpaired) electrons. The molecule has 1 aliphatic rings. The number of hydrogen-bond acceptors (Lipinski definition) is 4. The molecule has 0 aromatic heterocycles. The highest BCUT2D eigenvalue weighted by Crippen LogP contribution is 2.32. The molecule has 2 atom stereocenters. The maximum atomic E-state index is 13.3. The zero-order valence-electron chi connectivity index (χ0n) is 20.6. The van der Waals surface area contributed by atoms with E-state index in [2.05, 4.69) is 10.6 Å². The smallest absolute Gasteiger partial charge is 0.352 e. The Morgan fingerprint density at radius 3 is 2.32 bits per heavy atom. The number of aryl methyl sites for hydroxylation is 1. The molecule has 1 fully saturated rings. The highest BCUT2D eigenvalue weighted by Gasteiger charge is 2.34. The standard InChI is InChI=1S/C26H30F3N3O4S/c1-17-10-12-21(13-11-17)30-23(33)15-37(36)16-24(34)32(18(2)25(35)31-20-7-3-4-8-20)22-9-5-6-19(14-22)26(27,28)29/h5-6,9-14,18,20H,3-4,7-8,15-16H2,1-2H3,(H,30,33)(H,31,35)/t18-,37+/m1/s1. The minimum absolute atomic E-state index is 0.0620. The minimum atomic E-state index is -4.66. The van der Waals surface area contributed by atoms with E-state index < -0.39 is 57.8 Å². The van der Waals surface area contributed by atoms with Crippen molar-refractivity contribution in [3.63, 3.8) is 0 Å². The Balaban J connectivity index is 1.75. The van der Waals surface area contributed by atoms with Gasteiger partial charge in [0, 0.05) is 28.2 Å². The van der Waals surface area contributed by atoms with Crippen LogP contribution in [0.4, 0.5) is 24.5 Å². The van der Waals surface area contributed by atoms with E-state index in [4.69, 9.17) is 0 Å². The predicted octanol–water partition coefficient (Wildman–Crippen LogP) is 4.18. The first kappa shape index (κ1) is 28.4. The Labute approximate surface area is 216 Å². The first-order chi connectivity index (χ1) is 17.4. The Morgan fingerprint density at radius 2 is 1.70 bits per heavy atom. The van der Waals surface area contributed by atoms with E-state index in [9.17, 15) is 31.8 Å². The number of anilines is 2. The number of amides is 3. The Bertz CT molecular complexity index is 1150. The molecule has 7 nitrogen and oxygen atoms in total. The lowest BCUT2D eigenvalue weighted by Crippen LogP contribution is -2.51. The maximum absolute atomic E-state index is 13.3. The molecule has 0 unspecified atom stereocenters. The summed E-state index contributed by atoms with van der Waals surface area (Å²) < 4.78 is 52.7. The monoisotopic (exact) mass is 537 g/mol. The zero-order chi connectivity index (χ0) is 27.2. The number of alkyl halides is 3. The van der Waals surface area contributed by atoms with E-state index in [1.54, 1.807) is 24.3 Å². The van der Waals surface area contributed by atoms with Gasteiger partial charge in [-0.3, -0.25) is 23.5 Å². The number of nitrogens with one attached hydrogen (secondary N) is 2. The number of carbonyl (C=O) groups excluding carboxylic acids is 3. The van der Waals surface area contributed by atoms with Crippen LogP contribution in [0.5, 0.6) is 0 Å². The van der Waals surface area contributed by atoms with Crippen molar-refractivity contribution >= 4 is 39.9 Å². The van der Waals surface area contributed by atoms with Gasteiger partial charge in [-0.1, -0.05) is 36.6 Å². The van der Waals surface area contributed by atoms with Gasteiger partial charge in [0.25, 0.3) is 0 Å². The molecule has 3 rings (SSSR count). The second-order valence-corrected chi connectivity index (χ2v) is 10.6. The predicted molar refractivity (Wildman–Crippen MR) is 136 cm³/mol. The molecule has 1 saturated carbocycles. The number of nitrogens with zero attached hydrogens (tertiary/aromatic N) is 1. The Hall–Kier alpha value is -3.21. The van der Waals surface area contributed by atoms with Crippen LogP contribution in [0.2, 0.25) is 0 Å². The van der Waals surface area contributed by atoms with Crippen molar-refractivity contribution in [1.82, 2.24) is 5.32 Å². The van der Waals surface area contributed by atoms with Crippen molar-refractivity contribution in [2.24, 2.45) is 0 Å². The van der Waals surface area contributed by atoms with Crippen molar-refractivity contribution in [3.05, 3.63) is 59.7 Å². The van der Waals surface area contributed by atoms with Crippen molar-refractivity contribution in [1.29, 1.82) is 0 Å². The lowest BCUT2D eigenvalue weighted by atomic mass is 10.1. The van der Waals surface area contributed by atoms with Gasteiger partial charge in [0.1, 0.15) is 17.5 Å². The van der Waals surface area contributed by atoms with Crippen LogP contribution in [0.3, 0.4) is 0 Å². The zero-order valence-corrected chi connectivity index (χ0v) is 21.5. The van der Waals surface area contributed by atoms with Gasteiger partial charge in [-0.15, -0.1) is 0 Å². The van der Waals surface area contributed by atoms with Crippen LogP contribution in [-0.4, -0.2) is 45.5 Å². The van der Waals surface area contributed by atoms with E-state index in [1.807, 2.05) is 6.92 Å². The van der Waals surface area contributed by atoms with Crippen molar-refractivity contribution in [2.75, 3.05) is 21.7 Å². The summed E-state index contributed by atoms with van der Waals surface area (Å²) in [6, 6.07) is 9.81. The van der Waals surface area contributed by atoms with Gasteiger partial charge in [-0.05, 0) is 57.0 Å². The molecular formula is C26H30F3N3O4S. The molecule has 1 aliphatic carbocycles. The van der Waals surface area contributed by atoms with Gasteiger partial charge in [0.05, 0.1) is 5.56 Å². The van der Waals surface area contributed by atoms with Crippen LogP contribution >= 0.6 is 0 Å². The summed E-state index contributed by atoms with van der Waals surface area (Å²) in [7, 11) is -1.97. The third-order valence-electron chi connectivity index (χ3n) is 6.10. The van der Waals surface area contributed by atoms with Crippen LogP contribution < -0.4 is 15.5 Å². The molecular weight excluding hydrogens is 507 g/mol. The van der Waals surface area contributed by atoms with E-state index in [0.717, 1.165) is 54.3 Å². The largest absolute Gasteiger partial charge is 0.416 e. The highest BCUT2D eigenvalue weighted by molar-refractivity contribution is 7.86. The van der Waals surface area contributed by atoms with Gasteiger partial charge >= 0.3 is 6.18 Å². The minimum Gasteiger partial charge on any atom is -0.352 e. The fraction of sp³-hybridized carbons (Fsp3) is 0.423. The summed E-state index contributed by atoms with van der Waals surface area (Å²) >= 11 is 0. The van der Waals surface area contributed by atoms with Crippen molar-refractivity contribution < 1.29 is 31.8 Å². The Morgan fingerprint density at radius 1 is 1.05 bits per heavy atom. The molecule has 0 spiro atoms. The fourth-order valence-electron chi connectivity index (χ4n) is 4.16. The van der Waals surface area contributed by atoms with Crippen LogP contribution in [0.1, 0.15) is 43.7 Å². The summed E-state index contributed by atoms with van der Waals surface area (Å²) in [6.07, 6.45) is -1.17. The maximum Gasteiger partial charge on any atom is 0.416 e. The molecule has 37 heavy (non-hydrogen) atoms. The first-order valence-electron chi connectivity index (χ1n) is 11.9. The summed E-state index contributed by atoms with van der Waals surface area (Å²) in [5.41, 5.74) is 0.370. The van der Waals surface area contributed by atoms with E-state index in [0.29, 0.717) is 5.69 Å². The molecule has 11 heteroatoms. The van der Waals surface area contributed by atoms with E-state index in [1.165, 1.54) is 13.0 Å². The molecule has 200 valence electrons. The van der Waals surface area contributed by atoms with Gasteiger partial charge < -0.3 is 10.6 Å². The van der Waals surface area contributed by atoms with E-state index in [-0.39, 0.29) is 11.7 Å². The molecule has 2 N–H and O–H groups in total. The van der Waals surface area contributed by atoms with Gasteiger partial charge in [-0.25, -0.2) is 0 Å². The second kappa shape index (κ2) is 12.4. The van der Waals surface area contributed by atoms with Crippen LogP contribution in [0.25, 0.3) is 0 Å². The molecule has 3 amide bonds. The normalized spacial score (nSPS) is 15.6. The van der Waals surface area contributed by atoms with Gasteiger partial charge in [-0.2, -0.15) is 13.2 Å². The summed E-state index contributed by atoms with van der Waals surface area (Å²) in [6.45, 7) is 3.30. The molecule has 0 aliphatic heterocycles. The van der Waals surface area contributed by atoms with Crippen LogP contribution in [0.15, 0.2) is 48.5 Å². The highest BCUT2D eigenvalue weighted by atomic mass is 32.2. The van der Waals surface area contributed by atoms with Gasteiger partial charge in [0.15, 0.2) is 0 Å². The Kier molecular flexibility index (Phi) is 9.47. The van der Waals surface area contributed by atoms with E-state index >= 15 is 0 Å². The summed E-state index contributed by atoms with van der Waals surface area (Å²) in [4.78, 5) is 39.4. The van der Waals surface area contributed by atoms with Gasteiger partial charge in [0.2, 0.25) is 17.7 Å². The number of benzene rings is 2. The summed E-state index contributed by atoms with van der Waals surface area (Å²) in [5, 5.41) is 5.44. The first-order valence-corrected chi connectivity index (χ1v) is 13.4. The molecule has 2 aromatic rings. The topological polar surface area (TPSA) is 95.6 Å². The second-order valence-electron chi connectivity index (χ2n) is 9.12. The number of hydrogen-bond donors (Lipinski definition) is 2. The average molecular weight is 538 g/mol. The van der Waals surface area contributed by atoms with Crippen LogP contribution in [0, 0.1) is 6.92 Å². The average Bonchev–Trinajstić information content (AvgIpc) is 3.33. The SMILES string of the molecule is Cc1ccc(NC(=O)C[S@](=O)CC(=O)N(c2cccc(C(F)(F)F)c2)[C@H](C)C(=O)NC2CCCC2)cc1. The molecule has 2 aromatic carbocycles. The number of rotatable bonds is 9. The number of halogens is 3. The third-order valence-corrected chi connectivity index (χ3v) is 7.25. The number of carbonyl (C=O) groups is 3. The molecule has 0 heterocycles. The van der Waals surface area contributed by atoms with Crippen molar-refractivity contribution in [2.45, 2.75) is 57.8 Å². The molecule has 0 saturated heterocycles. The van der Waals surface area contributed by atoms with Crippen LogP contribution in [-0.2, 0) is 31.4 Å². The third kappa shape index (κ3) is 8.14. The molecule has 0 bridgehead atoms. The summed E-state index contributed by atoms with van der Waals surface area (Å²) in [5.74, 6) is -3.04. The lowest BCUT2D eigenvalue weighted by molar-refractivity contribution is -0.137. The quantitative estimate of drug-likeness (QED) is 0.502. The fourth-order valence-corrected chi connectivity index (χ4v) is 5.04.